The van der Waals surface area contributed by atoms with Crippen LogP contribution in [-0.2, 0) is 24.5 Å². The summed E-state index contributed by atoms with van der Waals surface area (Å²) in [5.41, 5.74) is -1.11. The van der Waals surface area contributed by atoms with Crippen LogP contribution in [0.1, 0.15) is 25.6 Å². The van der Waals surface area contributed by atoms with E-state index in [9.17, 15) is 27.5 Å². The number of nitro groups is 1. The molecule has 16 heteroatoms. The van der Waals surface area contributed by atoms with E-state index in [0.29, 0.717) is 8.68 Å². The molecule has 1 amide bonds. The third-order valence-electron chi connectivity index (χ3n) is 4.69. The minimum absolute atomic E-state index is 0.0364. The van der Waals surface area contributed by atoms with Crippen molar-refractivity contribution in [3.8, 4) is 0 Å². The van der Waals surface area contributed by atoms with Crippen LogP contribution in [0.3, 0.4) is 0 Å². The van der Waals surface area contributed by atoms with Gasteiger partial charge in [0.2, 0.25) is 0 Å². The fourth-order valence-corrected chi connectivity index (χ4v) is 10.2. The van der Waals surface area contributed by atoms with Gasteiger partial charge in [0.25, 0.3) is 15.7 Å². The molecule has 0 aliphatic carbocycles. The van der Waals surface area contributed by atoms with E-state index < -0.39 is 36.4 Å². The topological polar surface area (TPSA) is 169 Å². The summed E-state index contributed by atoms with van der Waals surface area (Å²) in [4.78, 5) is 22.4. The van der Waals surface area contributed by atoms with Crippen LogP contribution < -0.4 is 5.32 Å². The molecule has 0 spiro atoms. The lowest BCUT2D eigenvalue weighted by Crippen LogP contribution is -2.36. The van der Waals surface area contributed by atoms with E-state index in [4.69, 9.17) is 10.1 Å². The highest BCUT2D eigenvalue weighted by molar-refractivity contribution is 9.10. The second-order valence-corrected chi connectivity index (χ2v) is 15.8. The molecule has 3 aromatic rings. The molecule has 2 N–H and O–H groups in total. The van der Waals surface area contributed by atoms with Gasteiger partial charge in [-0.1, -0.05) is 25.8 Å². The van der Waals surface area contributed by atoms with Gasteiger partial charge >= 0.3 is 6.09 Å². The molecule has 2 aromatic carbocycles. The number of thioether (sulfide) groups is 1. The fraction of sp³-hybridized carbons (Fsp3) is 0.217. The Labute approximate surface area is 242 Å². The van der Waals surface area contributed by atoms with Gasteiger partial charge in [0, 0.05) is 16.6 Å². The van der Waals surface area contributed by atoms with Gasteiger partial charge in [-0.15, -0.1) is 23.1 Å². The first-order valence-electron chi connectivity index (χ1n) is 10.9. The highest BCUT2D eigenvalue weighted by atomic mass is 79.9. The van der Waals surface area contributed by atoms with Crippen LogP contribution in [0.4, 0.5) is 10.5 Å². The van der Waals surface area contributed by atoms with Gasteiger partial charge in [0.1, 0.15) is 21.2 Å². The maximum absolute atomic E-state index is 14.7. The van der Waals surface area contributed by atoms with Crippen molar-refractivity contribution in [2.75, 3.05) is 6.26 Å². The number of hydrogen-bond donors (Lipinski definition) is 2. The Morgan fingerprint density at radius 3 is 2.31 bits per heavy atom. The number of rotatable bonds is 7. The Bertz CT molecular complexity index is 1670. The quantitative estimate of drug-likeness (QED) is 0.0972. The first kappa shape index (κ1) is 30.7. The Kier molecular flexibility index (Phi) is 9.27. The molecule has 39 heavy (non-hydrogen) atoms. The number of amidine groups is 1. The number of carbonyl (C=O) groups excluding carboxylic acids is 1. The maximum atomic E-state index is 14.7. The third-order valence-corrected chi connectivity index (χ3v) is 12.0. The van der Waals surface area contributed by atoms with Crippen molar-refractivity contribution in [3.05, 3.63) is 74.1 Å². The van der Waals surface area contributed by atoms with Crippen molar-refractivity contribution in [1.82, 2.24) is 5.32 Å². The molecule has 3 rings (SSSR count). The molecule has 208 valence electrons. The van der Waals surface area contributed by atoms with Gasteiger partial charge < -0.3 is 4.74 Å². The Hall–Kier alpha value is -2.79. The third kappa shape index (κ3) is 7.45. The number of hydrogen-bond acceptors (Lipinski definition) is 10. The minimum Gasteiger partial charge on any atom is -0.444 e. The number of benzene rings is 2. The summed E-state index contributed by atoms with van der Waals surface area (Å²) in [6.07, 6.45) is 0.835. The second-order valence-electron chi connectivity index (χ2n) is 8.75. The number of carbonyl (C=O) groups is 1. The molecule has 0 bridgehead atoms. The molecule has 1 heterocycles. The number of amides is 1. The number of thiophene rings is 1. The zero-order valence-electron chi connectivity index (χ0n) is 21.0. The van der Waals surface area contributed by atoms with Crippen molar-refractivity contribution < 1.29 is 27.1 Å². The van der Waals surface area contributed by atoms with Gasteiger partial charge in [0.05, 0.1) is 28.7 Å². The van der Waals surface area contributed by atoms with Crippen LogP contribution >= 0.6 is 39.0 Å². The predicted octanol–water partition coefficient (Wildman–Crippen LogP) is 6.27. The normalized spacial score (nSPS) is 13.3. The summed E-state index contributed by atoms with van der Waals surface area (Å²) in [6.45, 7) is 5.02. The van der Waals surface area contributed by atoms with E-state index in [1.54, 1.807) is 39.2 Å². The predicted molar refractivity (Wildman–Crippen MR) is 154 cm³/mol. The van der Waals surface area contributed by atoms with Crippen molar-refractivity contribution in [1.29, 1.82) is 5.41 Å². The van der Waals surface area contributed by atoms with Crippen molar-refractivity contribution in [2.24, 2.45) is 3.77 Å². The van der Waals surface area contributed by atoms with Crippen molar-refractivity contribution in [3.63, 3.8) is 0 Å². The average Bonchev–Trinajstić information content (AvgIpc) is 3.28. The first-order valence-corrected chi connectivity index (χ1v) is 16.6. The zero-order chi connectivity index (χ0) is 29.2. The molecule has 11 nitrogen and oxygen atoms in total. The summed E-state index contributed by atoms with van der Waals surface area (Å²) in [5.74, 6) is -0.329. The number of alkyl carbamates (subject to hydrolysis) is 1. The number of non-ortho nitro benzene ring substituents is 1. The minimum atomic E-state index is -4.58. The Morgan fingerprint density at radius 1 is 1.13 bits per heavy atom. The number of nitrogens with one attached hydrogen (secondary N) is 2. The summed E-state index contributed by atoms with van der Waals surface area (Å²) in [5, 5.41) is 21.7. The molecular weight excluding hydrogens is 652 g/mol. The largest absolute Gasteiger partial charge is 0.444 e. The Morgan fingerprint density at radius 2 is 1.77 bits per heavy atom. The molecule has 1 unspecified atom stereocenters. The number of nitrogens with zero attached hydrogens (tertiary/aromatic N) is 2. The summed E-state index contributed by atoms with van der Waals surface area (Å²) >= 11 is 5.51. The van der Waals surface area contributed by atoms with Crippen LogP contribution in [0.5, 0.6) is 0 Å². The number of sulfonamides is 1. The smallest absolute Gasteiger partial charge is 0.413 e. The van der Waals surface area contributed by atoms with Crippen LogP contribution in [-0.4, -0.2) is 41.3 Å². The van der Waals surface area contributed by atoms with Gasteiger partial charge in [-0.3, -0.25) is 20.8 Å². The maximum Gasteiger partial charge on any atom is 0.413 e. The number of nitro benzene ring substituents is 1. The molecule has 0 aliphatic rings. The van der Waals surface area contributed by atoms with Gasteiger partial charge in [-0.2, -0.15) is 8.42 Å². The van der Waals surface area contributed by atoms with Crippen molar-refractivity contribution in [2.45, 2.75) is 45.3 Å². The van der Waals surface area contributed by atoms with Crippen LogP contribution in [0.2, 0.25) is 0 Å². The second kappa shape index (κ2) is 11.8. The van der Waals surface area contributed by atoms with Gasteiger partial charge in [0.15, 0.2) is 0 Å². The molecule has 0 fully saturated rings. The van der Waals surface area contributed by atoms with E-state index in [-0.39, 0.29) is 31.1 Å². The summed E-state index contributed by atoms with van der Waals surface area (Å²) in [6, 6.07) is 11.6. The van der Waals surface area contributed by atoms with Crippen LogP contribution in [0.25, 0.3) is 0 Å². The fourth-order valence-electron chi connectivity index (χ4n) is 3.05. The van der Waals surface area contributed by atoms with E-state index in [0.717, 1.165) is 35.6 Å². The molecule has 0 aliphatic heterocycles. The first-order chi connectivity index (χ1) is 18.1. The zero-order valence-corrected chi connectivity index (χ0v) is 25.8. The molecule has 0 radical (unpaired) electrons. The molecule has 1 aromatic heterocycles. The van der Waals surface area contributed by atoms with Crippen LogP contribution in [0.15, 0.2) is 81.7 Å². The Balaban J connectivity index is 2.20. The number of halogens is 1. The molecule has 0 saturated carbocycles. The summed E-state index contributed by atoms with van der Waals surface area (Å²) < 4.78 is 51.3. The molecule has 0 saturated heterocycles. The molecule has 1 atom stereocenters. The van der Waals surface area contributed by atoms with E-state index in [1.807, 2.05) is 0 Å². The van der Waals surface area contributed by atoms with Gasteiger partial charge in [-0.05, 0) is 63.4 Å². The van der Waals surface area contributed by atoms with E-state index >= 15 is 0 Å². The lowest BCUT2D eigenvalue weighted by molar-refractivity contribution is -0.384. The highest BCUT2D eigenvalue weighted by Gasteiger charge is 2.29. The van der Waals surface area contributed by atoms with Crippen LogP contribution in [0, 0.1) is 15.5 Å². The van der Waals surface area contributed by atoms with Gasteiger partial charge in [-0.25, -0.2) is 9.00 Å². The van der Waals surface area contributed by atoms with Crippen molar-refractivity contribution >= 4 is 76.4 Å². The SMILES string of the molecule is CSc1sc(C(=N)NC(=O)OC(C)(C)C)cc1S(=O)(=NS(=O)(=O)c1ccc([N+](=O)[O-])cc1)c1cccc(Br)c1. The molecular formula is C23H23BrN4O7S4. The number of ether oxygens (including phenoxy) is 1. The summed E-state index contributed by atoms with van der Waals surface area (Å²) in [7, 11) is -8.47. The standard InChI is InChI=1S/C23H23BrN4O7S4/c1-23(2,3)35-22(29)26-20(25)18-13-19(21(36-4)37-18)38(32,17-7-5-6-14(24)12-17)27-39(33,34)16-10-8-15(9-11-16)28(30)31/h5-13H,1-4H3,(H2,25,26,29). The van der Waals surface area contributed by atoms with E-state index in [1.165, 1.54) is 30.0 Å². The monoisotopic (exact) mass is 674 g/mol. The average molecular weight is 676 g/mol. The van der Waals surface area contributed by atoms with E-state index in [2.05, 4.69) is 25.0 Å². The lowest BCUT2D eigenvalue weighted by Gasteiger charge is -2.19. The lowest BCUT2D eigenvalue weighted by atomic mass is 10.2. The highest BCUT2D eigenvalue weighted by Crippen LogP contribution is 2.39.